The van der Waals surface area contributed by atoms with Crippen molar-refractivity contribution < 1.29 is 24.5 Å². The predicted octanol–water partition coefficient (Wildman–Crippen LogP) is 2.16. The molecule has 1 spiro atoms. The van der Waals surface area contributed by atoms with Crippen molar-refractivity contribution in [3.05, 3.63) is 29.8 Å². The molecule has 2 aliphatic heterocycles. The van der Waals surface area contributed by atoms with E-state index in [1.54, 1.807) is 12.1 Å². The van der Waals surface area contributed by atoms with Crippen LogP contribution >= 0.6 is 0 Å². The number of aromatic carboxylic acids is 1. The van der Waals surface area contributed by atoms with Crippen molar-refractivity contribution in [2.45, 2.75) is 43.8 Å². The summed E-state index contributed by atoms with van der Waals surface area (Å²) in [5.74, 6) is -0.395. The SMILES string of the molecule is O=C(O)c1ccc(OCC(O)CN2CCC3(CCCCO3)CC2)cc1. The lowest BCUT2D eigenvalue weighted by Gasteiger charge is -2.44. The number of hydrogen-bond donors (Lipinski definition) is 2. The van der Waals surface area contributed by atoms with Gasteiger partial charge in [-0.25, -0.2) is 4.79 Å². The number of benzene rings is 1. The summed E-state index contributed by atoms with van der Waals surface area (Å²) in [4.78, 5) is 13.1. The molecule has 0 radical (unpaired) electrons. The summed E-state index contributed by atoms with van der Waals surface area (Å²) in [5, 5.41) is 19.1. The Morgan fingerprint density at radius 3 is 2.52 bits per heavy atom. The van der Waals surface area contributed by atoms with E-state index in [2.05, 4.69) is 4.90 Å². The van der Waals surface area contributed by atoms with Gasteiger partial charge in [0.2, 0.25) is 0 Å². The van der Waals surface area contributed by atoms with Crippen LogP contribution in [0.1, 0.15) is 42.5 Å². The molecule has 0 amide bonds. The molecule has 0 saturated carbocycles. The number of rotatable bonds is 6. The first kappa shape index (κ1) is 18.2. The van der Waals surface area contributed by atoms with Crippen LogP contribution in [0.4, 0.5) is 0 Å². The number of nitrogens with zero attached hydrogens (tertiary/aromatic N) is 1. The van der Waals surface area contributed by atoms with E-state index in [4.69, 9.17) is 14.6 Å². The first-order chi connectivity index (χ1) is 12.1. The van der Waals surface area contributed by atoms with E-state index < -0.39 is 12.1 Å². The second-order valence-electron chi connectivity index (χ2n) is 7.08. The van der Waals surface area contributed by atoms with E-state index in [1.165, 1.54) is 31.4 Å². The first-order valence-corrected chi connectivity index (χ1v) is 9.07. The van der Waals surface area contributed by atoms with Crippen molar-refractivity contribution in [2.24, 2.45) is 0 Å². The summed E-state index contributed by atoms with van der Waals surface area (Å²) >= 11 is 0. The minimum absolute atomic E-state index is 0.0854. The summed E-state index contributed by atoms with van der Waals surface area (Å²) in [7, 11) is 0. The van der Waals surface area contributed by atoms with Gasteiger partial charge in [-0.15, -0.1) is 0 Å². The number of β-amino-alcohol motifs (C(OH)–C–C–N with tert-alkyl or cyclic N) is 1. The zero-order chi connectivity index (χ0) is 17.7. The maximum Gasteiger partial charge on any atom is 0.335 e. The maximum atomic E-state index is 10.8. The Hall–Kier alpha value is -1.63. The monoisotopic (exact) mass is 349 g/mol. The van der Waals surface area contributed by atoms with Gasteiger partial charge in [-0.2, -0.15) is 0 Å². The molecule has 25 heavy (non-hydrogen) atoms. The molecule has 1 unspecified atom stereocenters. The van der Waals surface area contributed by atoms with E-state index in [1.807, 2.05) is 0 Å². The first-order valence-electron chi connectivity index (χ1n) is 9.07. The Morgan fingerprint density at radius 1 is 1.20 bits per heavy atom. The van der Waals surface area contributed by atoms with Gasteiger partial charge in [0.25, 0.3) is 0 Å². The Kier molecular flexibility index (Phi) is 5.93. The lowest BCUT2D eigenvalue weighted by atomic mass is 9.84. The van der Waals surface area contributed by atoms with Gasteiger partial charge in [-0.3, -0.25) is 0 Å². The molecule has 2 saturated heterocycles. The number of ether oxygens (including phenoxy) is 2. The highest BCUT2D eigenvalue weighted by molar-refractivity contribution is 5.87. The molecule has 138 valence electrons. The number of aliphatic hydroxyl groups is 1. The Bertz CT molecular complexity index is 558. The van der Waals surface area contributed by atoms with Crippen molar-refractivity contribution in [1.29, 1.82) is 0 Å². The molecule has 2 N–H and O–H groups in total. The van der Waals surface area contributed by atoms with Crippen LogP contribution in [0.15, 0.2) is 24.3 Å². The molecule has 6 heteroatoms. The van der Waals surface area contributed by atoms with Crippen LogP contribution in [-0.2, 0) is 4.74 Å². The molecule has 1 aromatic rings. The van der Waals surface area contributed by atoms with Gasteiger partial charge in [0.15, 0.2) is 0 Å². The molecule has 2 heterocycles. The van der Waals surface area contributed by atoms with Crippen LogP contribution in [0.3, 0.4) is 0 Å². The normalized spacial score (nSPS) is 21.8. The molecular weight excluding hydrogens is 322 g/mol. The number of likely N-dealkylation sites (tertiary alicyclic amines) is 1. The molecule has 1 atom stereocenters. The third-order valence-electron chi connectivity index (χ3n) is 5.21. The fraction of sp³-hybridized carbons (Fsp3) is 0.632. The Morgan fingerprint density at radius 2 is 1.92 bits per heavy atom. The van der Waals surface area contributed by atoms with Crippen molar-refractivity contribution >= 4 is 5.97 Å². The van der Waals surface area contributed by atoms with Gasteiger partial charge >= 0.3 is 5.97 Å². The number of carboxylic acids is 1. The Balaban J connectivity index is 1.39. The van der Waals surface area contributed by atoms with Crippen molar-refractivity contribution in [2.75, 3.05) is 32.8 Å². The van der Waals surface area contributed by atoms with Gasteiger partial charge in [0, 0.05) is 26.2 Å². The molecule has 0 aromatic heterocycles. The van der Waals surface area contributed by atoms with Gasteiger partial charge < -0.3 is 24.6 Å². The van der Waals surface area contributed by atoms with Crippen LogP contribution in [0.2, 0.25) is 0 Å². The number of hydrogen-bond acceptors (Lipinski definition) is 5. The quantitative estimate of drug-likeness (QED) is 0.819. The molecule has 2 aliphatic rings. The van der Waals surface area contributed by atoms with Gasteiger partial charge in [-0.05, 0) is 56.4 Å². The van der Waals surface area contributed by atoms with E-state index in [9.17, 15) is 9.90 Å². The van der Waals surface area contributed by atoms with Gasteiger partial charge in [-0.1, -0.05) is 0 Å². The molecule has 1 aromatic carbocycles. The minimum Gasteiger partial charge on any atom is -0.491 e. The molecule has 6 nitrogen and oxygen atoms in total. The van der Waals surface area contributed by atoms with Gasteiger partial charge in [0.05, 0.1) is 11.2 Å². The van der Waals surface area contributed by atoms with Crippen LogP contribution in [0.5, 0.6) is 5.75 Å². The van der Waals surface area contributed by atoms with Crippen molar-refractivity contribution in [1.82, 2.24) is 4.90 Å². The second kappa shape index (κ2) is 8.17. The topological polar surface area (TPSA) is 79.2 Å². The molecule has 3 rings (SSSR count). The molecule has 2 fully saturated rings. The fourth-order valence-electron chi connectivity index (χ4n) is 3.68. The average molecular weight is 349 g/mol. The highest BCUT2D eigenvalue weighted by Gasteiger charge is 2.37. The van der Waals surface area contributed by atoms with Crippen molar-refractivity contribution in [3.8, 4) is 5.75 Å². The summed E-state index contributed by atoms with van der Waals surface area (Å²) in [6.45, 7) is 3.57. The Labute approximate surface area is 148 Å². The third-order valence-corrected chi connectivity index (χ3v) is 5.21. The lowest BCUT2D eigenvalue weighted by Crippen LogP contribution is -2.49. The fourth-order valence-corrected chi connectivity index (χ4v) is 3.68. The zero-order valence-corrected chi connectivity index (χ0v) is 14.5. The zero-order valence-electron chi connectivity index (χ0n) is 14.5. The van der Waals surface area contributed by atoms with E-state index in [0.29, 0.717) is 12.3 Å². The van der Waals surface area contributed by atoms with E-state index >= 15 is 0 Å². The third kappa shape index (κ3) is 4.93. The summed E-state index contributed by atoms with van der Waals surface area (Å²) < 4.78 is 11.6. The molecule has 0 bridgehead atoms. The maximum absolute atomic E-state index is 10.8. The lowest BCUT2D eigenvalue weighted by molar-refractivity contribution is -0.114. The van der Waals surface area contributed by atoms with Crippen LogP contribution in [0, 0.1) is 0 Å². The van der Waals surface area contributed by atoms with E-state index in [-0.39, 0.29) is 17.8 Å². The predicted molar refractivity (Wildman–Crippen MR) is 93.1 cm³/mol. The van der Waals surface area contributed by atoms with Crippen LogP contribution in [0.25, 0.3) is 0 Å². The van der Waals surface area contributed by atoms with Gasteiger partial charge in [0.1, 0.15) is 18.5 Å². The number of carbonyl (C=O) groups is 1. The highest BCUT2D eigenvalue weighted by atomic mass is 16.5. The largest absolute Gasteiger partial charge is 0.491 e. The second-order valence-corrected chi connectivity index (χ2v) is 7.08. The molecule has 0 aliphatic carbocycles. The van der Waals surface area contributed by atoms with Crippen LogP contribution in [-0.4, -0.2) is 65.6 Å². The smallest absolute Gasteiger partial charge is 0.335 e. The summed E-state index contributed by atoms with van der Waals surface area (Å²) in [6.07, 6.45) is 5.11. The standard InChI is InChI=1S/C19H27NO5/c21-16(14-24-17-5-3-15(4-6-17)18(22)23)13-20-10-8-19(9-11-20)7-1-2-12-25-19/h3-6,16,21H,1-2,7-14H2,(H,22,23). The van der Waals surface area contributed by atoms with Crippen molar-refractivity contribution in [3.63, 3.8) is 0 Å². The number of piperidine rings is 1. The number of carboxylic acid groups (broad SMARTS) is 1. The van der Waals surface area contributed by atoms with Crippen LogP contribution < -0.4 is 4.74 Å². The minimum atomic E-state index is -0.962. The summed E-state index contributed by atoms with van der Waals surface area (Å²) in [6, 6.07) is 6.22. The highest BCUT2D eigenvalue weighted by Crippen LogP contribution is 2.34. The number of aliphatic hydroxyl groups excluding tert-OH is 1. The molecular formula is C19H27NO5. The average Bonchev–Trinajstić information content (AvgIpc) is 2.63. The van der Waals surface area contributed by atoms with E-state index in [0.717, 1.165) is 32.5 Å². The summed E-state index contributed by atoms with van der Waals surface area (Å²) in [5.41, 5.74) is 0.308.